The number of nitrogen functional groups attached to an aromatic ring is 1. The smallest absolute Gasteiger partial charge is 0.343 e. The summed E-state index contributed by atoms with van der Waals surface area (Å²) < 4.78 is 5.68. The largest absolute Gasteiger partial charge is 0.465 e. The number of anilines is 1. The van der Waals surface area contributed by atoms with Crippen molar-refractivity contribution in [3.63, 3.8) is 0 Å². The number of nitrogens with two attached hydrogens (primary N) is 1. The van der Waals surface area contributed by atoms with Crippen molar-refractivity contribution >= 4 is 27.7 Å². The molecule has 0 spiro atoms. The maximum absolute atomic E-state index is 11.6. The third-order valence-corrected chi connectivity index (χ3v) is 3.36. The van der Waals surface area contributed by atoms with Gasteiger partial charge in [0.2, 0.25) is 0 Å². The number of benzene rings is 1. The van der Waals surface area contributed by atoms with Crippen LogP contribution in [0.3, 0.4) is 0 Å². The molecule has 0 radical (unpaired) electrons. The lowest BCUT2D eigenvalue weighted by molar-refractivity contribution is 0.0600. The summed E-state index contributed by atoms with van der Waals surface area (Å²) in [6.07, 6.45) is 0.555. The molecular formula is C14H14BrN3O2. The lowest BCUT2D eigenvalue weighted by Crippen LogP contribution is -2.13. The number of carbonyl (C=O) groups is 1. The Labute approximate surface area is 125 Å². The first-order chi connectivity index (χ1) is 9.51. The van der Waals surface area contributed by atoms with Gasteiger partial charge < -0.3 is 10.5 Å². The van der Waals surface area contributed by atoms with Crippen LogP contribution < -0.4 is 5.73 Å². The predicted molar refractivity (Wildman–Crippen MR) is 79.5 cm³/mol. The maximum atomic E-state index is 11.6. The van der Waals surface area contributed by atoms with E-state index in [1.807, 2.05) is 24.3 Å². The molecule has 0 fully saturated rings. The second-order valence-electron chi connectivity index (χ2n) is 4.28. The topological polar surface area (TPSA) is 78.1 Å². The minimum atomic E-state index is -0.518. The highest BCUT2D eigenvalue weighted by molar-refractivity contribution is 9.10. The van der Waals surface area contributed by atoms with Crippen LogP contribution in [0.1, 0.15) is 27.4 Å². The van der Waals surface area contributed by atoms with Crippen LogP contribution >= 0.6 is 15.9 Å². The summed E-state index contributed by atoms with van der Waals surface area (Å²) in [6.45, 7) is 1.72. The summed E-state index contributed by atoms with van der Waals surface area (Å²) in [5.41, 5.74) is 7.64. The van der Waals surface area contributed by atoms with Crippen LogP contribution in [-0.2, 0) is 11.2 Å². The zero-order valence-electron chi connectivity index (χ0n) is 11.2. The molecule has 104 valence electrons. The molecule has 5 nitrogen and oxygen atoms in total. The molecule has 2 N–H and O–H groups in total. The molecule has 1 aromatic heterocycles. The molecule has 20 heavy (non-hydrogen) atoms. The van der Waals surface area contributed by atoms with Gasteiger partial charge in [0.1, 0.15) is 17.2 Å². The fourth-order valence-corrected chi connectivity index (χ4v) is 2.14. The quantitative estimate of drug-likeness (QED) is 0.872. The van der Waals surface area contributed by atoms with Crippen molar-refractivity contribution < 1.29 is 9.53 Å². The number of halogens is 1. The lowest BCUT2D eigenvalue weighted by atomic mass is 10.1. The van der Waals surface area contributed by atoms with E-state index in [1.54, 1.807) is 6.92 Å². The summed E-state index contributed by atoms with van der Waals surface area (Å²) in [5, 5.41) is 0. The highest BCUT2D eigenvalue weighted by atomic mass is 79.9. The normalized spacial score (nSPS) is 10.3. The molecule has 2 rings (SSSR count). The molecule has 0 bridgehead atoms. The Kier molecular flexibility index (Phi) is 4.34. The van der Waals surface area contributed by atoms with Gasteiger partial charge in [0.05, 0.1) is 12.8 Å². The number of carbonyl (C=O) groups excluding carboxylic acids is 1. The van der Waals surface area contributed by atoms with E-state index in [0.29, 0.717) is 17.9 Å². The summed E-state index contributed by atoms with van der Waals surface area (Å²) in [5.74, 6) is 0.210. The van der Waals surface area contributed by atoms with Gasteiger partial charge in [0.25, 0.3) is 0 Å². The van der Waals surface area contributed by atoms with Gasteiger partial charge in [0.15, 0.2) is 0 Å². The number of aromatic nitrogens is 2. The highest BCUT2D eigenvalue weighted by Gasteiger charge is 2.17. The van der Waals surface area contributed by atoms with Crippen molar-refractivity contribution in [1.82, 2.24) is 9.97 Å². The summed E-state index contributed by atoms with van der Waals surface area (Å²) in [6, 6.07) is 7.86. The van der Waals surface area contributed by atoms with Crippen LogP contribution in [0.2, 0.25) is 0 Å². The number of rotatable bonds is 3. The first kappa shape index (κ1) is 14.5. The third kappa shape index (κ3) is 3.14. The molecule has 0 unspecified atom stereocenters. The summed E-state index contributed by atoms with van der Waals surface area (Å²) >= 11 is 3.38. The molecule has 0 aliphatic rings. The van der Waals surface area contributed by atoms with Gasteiger partial charge in [-0.2, -0.15) is 0 Å². The van der Waals surface area contributed by atoms with E-state index in [9.17, 15) is 4.79 Å². The molecule has 0 aliphatic heterocycles. The fraction of sp³-hybridized carbons (Fsp3) is 0.214. The van der Waals surface area contributed by atoms with Crippen LogP contribution in [0.4, 0.5) is 5.82 Å². The molecule has 6 heteroatoms. The predicted octanol–water partition coefficient (Wildman–Crippen LogP) is 2.51. The Balaban J connectivity index is 2.30. The van der Waals surface area contributed by atoms with Crippen LogP contribution in [0.25, 0.3) is 0 Å². The first-order valence-electron chi connectivity index (χ1n) is 5.97. The Morgan fingerprint density at radius 3 is 2.50 bits per heavy atom. The van der Waals surface area contributed by atoms with Crippen molar-refractivity contribution in [3.05, 3.63) is 51.4 Å². The first-order valence-corrected chi connectivity index (χ1v) is 6.76. The molecule has 1 heterocycles. The Hall–Kier alpha value is -1.95. The Morgan fingerprint density at radius 2 is 1.95 bits per heavy atom. The van der Waals surface area contributed by atoms with Gasteiger partial charge in [-0.1, -0.05) is 28.1 Å². The van der Waals surface area contributed by atoms with E-state index in [-0.39, 0.29) is 11.4 Å². The number of aryl methyl sites for hydroxylation is 1. The van der Waals surface area contributed by atoms with Gasteiger partial charge in [-0.05, 0) is 24.6 Å². The molecule has 0 saturated carbocycles. The molecule has 2 aromatic rings. The van der Waals surface area contributed by atoms with E-state index in [1.165, 1.54) is 7.11 Å². The average molecular weight is 336 g/mol. The molecule has 1 aromatic carbocycles. The Morgan fingerprint density at radius 1 is 1.30 bits per heavy atom. The number of esters is 1. The second-order valence-corrected chi connectivity index (χ2v) is 5.20. The van der Waals surface area contributed by atoms with E-state index in [4.69, 9.17) is 5.73 Å². The van der Waals surface area contributed by atoms with Crippen molar-refractivity contribution in [3.8, 4) is 0 Å². The van der Waals surface area contributed by atoms with Crippen molar-refractivity contribution in [2.75, 3.05) is 12.8 Å². The van der Waals surface area contributed by atoms with Crippen LogP contribution in [0.5, 0.6) is 0 Å². The second kappa shape index (κ2) is 6.00. The summed E-state index contributed by atoms with van der Waals surface area (Å²) in [7, 11) is 1.30. The number of hydrogen-bond donors (Lipinski definition) is 1. The van der Waals surface area contributed by atoms with Crippen molar-refractivity contribution in [1.29, 1.82) is 0 Å². The van der Waals surface area contributed by atoms with Crippen LogP contribution in [0, 0.1) is 6.92 Å². The SMILES string of the molecule is COC(=O)c1c(C)nc(Cc2ccc(Br)cc2)nc1N. The number of hydrogen-bond acceptors (Lipinski definition) is 5. The maximum Gasteiger partial charge on any atom is 0.343 e. The van der Waals surface area contributed by atoms with Gasteiger partial charge >= 0.3 is 5.97 Å². The van der Waals surface area contributed by atoms with E-state index in [0.717, 1.165) is 10.0 Å². The standard InChI is InChI=1S/C14H14BrN3O2/c1-8-12(14(19)20-2)13(16)18-11(17-8)7-9-3-5-10(15)6-4-9/h3-6H,7H2,1-2H3,(H2,16,17,18). The van der Waals surface area contributed by atoms with E-state index in [2.05, 4.69) is 30.6 Å². The molecule has 0 saturated heterocycles. The van der Waals surface area contributed by atoms with Gasteiger partial charge in [0, 0.05) is 10.9 Å². The minimum absolute atomic E-state index is 0.150. The average Bonchev–Trinajstić information content (AvgIpc) is 2.40. The van der Waals surface area contributed by atoms with Crippen LogP contribution in [-0.4, -0.2) is 23.0 Å². The number of methoxy groups -OCH3 is 1. The van der Waals surface area contributed by atoms with Crippen molar-refractivity contribution in [2.24, 2.45) is 0 Å². The molecular weight excluding hydrogens is 322 g/mol. The molecule has 0 aliphatic carbocycles. The van der Waals surface area contributed by atoms with E-state index >= 15 is 0 Å². The molecule has 0 atom stereocenters. The lowest BCUT2D eigenvalue weighted by Gasteiger charge is -2.09. The number of ether oxygens (including phenoxy) is 1. The third-order valence-electron chi connectivity index (χ3n) is 2.83. The van der Waals surface area contributed by atoms with Gasteiger partial charge in [-0.25, -0.2) is 14.8 Å². The zero-order valence-corrected chi connectivity index (χ0v) is 12.8. The Bertz CT molecular complexity index is 618. The highest BCUT2D eigenvalue weighted by Crippen LogP contribution is 2.17. The monoisotopic (exact) mass is 335 g/mol. The summed E-state index contributed by atoms with van der Waals surface area (Å²) in [4.78, 5) is 20.1. The molecule has 0 amide bonds. The fourth-order valence-electron chi connectivity index (χ4n) is 1.87. The number of nitrogens with zero attached hydrogens (tertiary/aromatic N) is 2. The zero-order chi connectivity index (χ0) is 14.7. The van der Waals surface area contributed by atoms with Gasteiger partial charge in [-0.3, -0.25) is 0 Å². The van der Waals surface area contributed by atoms with Crippen molar-refractivity contribution in [2.45, 2.75) is 13.3 Å². The van der Waals surface area contributed by atoms with Crippen LogP contribution in [0.15, 0.2) is 28.7 Å². The van der Waals surface area contributed by atoms with E-state index < -0.39 is 5.97 Å². The van der Waals surface area contributed by atoms with Gasteiger partial charge in [-0.15, -0.1) is 0 Å². The minimum Gasteiger partial charge on any atom is -0.465 e.